The number of phosphoric ester groups is 1. The molecule has 1 aliphatic heterocycles. The van der Waals surface area contributed by atoms with E-state index in [0.29, 0.717) is 0 Å². The topological polar surface area (TPSA) is 175 Å². The van der Waals surface area contributed by atoms with Crippen LogP contribution in [0.15, 0.2) is 5.28 Å². The molecule has 0 amide bonds. The van der Waals surface area contributed by atoms with Crippen LogP contribution >= 0.6 is 15.4 Å². The third kappa shape index (κ3) is 7.25. The van der Waals surface area contributed by atoms with Crippen molar-refractivity contribution in [2.24, 2.45) is 11.0 Å². The van der Waals surface area contributed by atoms with Crippen molar-refractivity contribution in [1.82, 2.24) is 0 Å². The Hall–Kier alpha value is -1.12. The van der Waals surface area contributed by atoms with Crippen LogP contribution in [-0.2, 0) is 32.1 Å². The van der Waals surface area contributed by atoms with Crippen LogP contribution in [0.2, 0.25) is 0 Å². The second-order valence-electron chi connectivity index (χ2n) is 4.82. The number of nitrogens with zero attached hydrogens (tertiary/aromatic N) is 3. The van der Waals surface area contributed by atoms with Gasteiger partial charge in [-0.25, -0.2) is 13.3 Å². The third-order valence-corrected chi connectivity index (χ3v) is 6.12. The van der Waals surface area contributed by atoms with Crippen molar-refractivity contribution >= 4 is 22.7 Å². The maximum Gasteiger partial charge on any atom is 0.479 e. The molecule has 1 fully saturated rings. The van der Waals surface area contributed by atoms with E-state index in [0.717, 1.165) is 13.8 Å². The molecular formula is C10H17BFN4O8P2. The van der Waals surface area contributed by atoms with Gasteiger partial charge in [0.25, 0.3) is 7.28 Å². The molecule has 1 heterocycles. The van der Waals surface area contributed by atoms with Gasteiger partial charge in [0, 0.05) is 18.7 Å². The summed E-state index contributed by atoms with van der Waals surface area (Å²) in [6, 6.07) is -1.18. The maximum absolute atomic E-state index is 14.4. The largest absolute Gasteiger partial charge is 0.479 e. The molecule has 16 heteroatoms. The minimum absolute atomic E-state index is 0.0486. The molecule has 1 rings (SSSR count). The molecule has 0 saturated carbocycles. The van der Waals surface area contributed by atoms with E-state index in [9.17, 15) is 18.4 Å². The van der Waals surface area contributed by atoms with Gasteiger partial charge in [0.1, 0.15) is 11.4 Å². The van der Waals surface area contributed by atoms with Gasteiger partial charge < -0.3 is 24.7 Å². The molecule has 0 bridgehead atoms. The molecule has 26 heavy (non-hydrogen) atoms. The van der Waals surface area contributed by atoms with E-state index in [1.54, 1.807) is 0 Å². The van der Waals surface area contributed by atoms with Crippen molar-refractivity contribution in [1.29, 1.82) is 0 Å². The van der Waals surface area contributed by atoms with Crippen LogP contribution in [0.3, 0.4) is 0 Å². The van der Waals surface area contributed by atoms with Crippen molar-refractivity contribution in [3.63, 3.8) is 0 Å². The highest BCUT2D eigenvalue weighted by Gasteiger charge is 2.48. The molecule has 0 aromatic heterocycles. The smallest absolute Gasteiger partial charge is 0.424 e. The maximum atomic E-state index is 14.4. The van der Waals surface area contributed by atoms with Crippen LogP contribution in [-0.4, -0.2) is 63.5 Å². The van der Waals surface area contributed by atoms with Crippen molar-refractivity contribution in [3.8, 4) is 11.7 Å². The molecule has 1 aliphatic rings. The first-order valence-electron chi connectivity index (χ1n) is 6.99. The molecule has 1 radical (unpaired) electrons. The fourth-order valence-corrected chi connectivity index (χ4v) is 4.12. The lowest BCUT2D eigenvalue weighted by Crippen LogP contribution is -2.34. The molecule has 0 aromatic carbocycles. The average Bonchev–Trinajstić information content (AvgIpc) is 2.86. The van der Waals surface area contributed by atoms with E-state index in [1.165, 1.54) is 7.28 Å². The Morgan fingerprint density at radius 3 is 2.81 bits per heavy atom. The van der Waals surface area contributed by atoms with E-state index < -0.39 is 46.4 Å². The Labute approximate surface area is 149 Å². The first kappa shape index (κ1) is 22.9. The van der Waals surface area contributed by atoms with Crippen molar-refractivity contribution in [3.05, 3.63) is 10.4 Å². The summed E-state index contributed by atoms with van der Waals surface area (Å²) in [4.78, 5) is 16.5. The number of hydrogen-bond acceptors (Lipinski definition) is 9. The minimum atomic E-state index is -4.81. The summed E-state index contributed by atoms with van der Waals surface area (Å²) in [6.45, 7) is 0.308. The third-order valence-electron chi connectivity index (χ3n) is 2.97. The molecule has 0 aromatic rings. The second-order valence-corrected chi connectivity index (χ2v) is 8.57. The molecule has 3 N–H and O–H groups in total. The molecule has 145 valence electrons. The Morgan fingerprint density at radius 1 is 1.54 bits per heavy atom. The van der Waals surface area contributed by atoms with Crippen LogP contribution in [0, 0.1) is 11.7 Å². The summed E-state index contributed by atoms with van der Waals surface area (Å²) in [6.07, 6.45) is -4.50. The molecular weight excluding hydrogens is 396 g/mol. The van der Waals surface area contributed by atoms with Gasteiger partial charge in [-0.05, 0) is 5.53 Å². The fraction of sp³-hybridized carbons (Fsp3) is 0.800. The number of halogens is 1. The van der Waals surface area contributed by atoms with Crippen LogP contribution < -0.4 is 5.73 Å². The average molecular weight is 413 g/mol. The molecule has 0 spiro atoms. The Bertz CT molecular complexity index is 684. The van der Waals surface area contributed by atoms with Crippen LogP contribution in [0.25, 0.3) is 10.4 Å². The zero-order chi connectivity index (χ0) is 19.8. The summed E-state index contributed by atoms with van der Waals surface area (Å²) in [5, 5.41) is 2.81. The number of rotatable bonds is 9. The van der Waals surface area contributed by atoms with Gasteiger partial charge in [-0.2, -0.15) is 5.82 Å². The SMILES string of the molecule is COP(C)(=O)OP(=O)(O)OC[C@H]1O[C@@H]([B]C#CCN)[C@@H](F)C1ON=[N+]=[N-]. The van der Waals surface area contributed by atoms with Gasteiger partial charge in [0.15, 0.2) is 12.3 Å². The number of alkyl halides is 1. The summed E-state index contributed by atoms with van der Waals surface area (Å²) >= 11 is 0. The summed E-state index contributed by atoms with van der Waals surface area (Å²) in [5.74, 6) is 4.95. The zero-order valence-corrected chi connectivity index (χ0v) is 15.6. The van der Waals surface area contributed by atoms with Gasteiger partial charge in [-0.15, -0.1) is 5.92 Å². The fourth-order valence-electron chi connectivity index (χ4n) is 1.83. The molecule has 0 aliphatic carbocycles. The first-order chi connectivity index (χ1) is 12.2. The highest BCUT2D eigenvalue weighted by Crippen LogP contribution is 2.60. The van der Waals surface area contributed by atoms with E-state index in [-0.39, 0.29) is 6.54 Å². The predicted molar refractivity (Wildman–Crippen MR) is 87.6 cm³/mol. The van der Waals surface area contributed by atoms with Crippen molar-refractivity contribution < 1.29 is 41.3 Å². The predicted octanol–water partition coefficient (Wildman–Crippen LogP) is 0.887. The lowest BCUT2D eigenvalue weighted by atomic mass is 9.70. The van der Waals surface area contributed by atoms with Crippen molar-refractivity contribution in [2.75, 3.05) is 26.9 Å². The molecule has 12 nitrogen and oxygen atoms in total. The Kier molecular flexibility index (Phi) is 9.06. The van der Waals surface area contributed by atoms with Crippen LogP contribution in [0.4, 0.5) is 4.39 Å². The minimum Gasteiger partial charge on any atom is -0.424 e. The van der Waals surface area contributed by atoms with E-state index in [1.807, 2.05) is 0 Å². The van der Waals surface area contributed by atoms with Gasteiger partial charge in [-0.3, -0.25) is 9.09 Å². The Balaban J connectivity index is 2.78. The number of phosphoric acid groups is 1. The second kappa shape index (κ2) is 10.3. The van der Waals surface area contributed by atoms with Crippen molar-refractivity contribution in [2.45, 2.75) is 24.4 Å². The van der Waals surface area contributed by atoms with E-state index >= 15 is 0 Å². The lowest BCUT2D eigenvalue weighted by Gasteiger charge is -2.20. The molecule has 3 unspecified atom stereocenters. The molecule has 6 atom stereocenters. The summed E-state index contributed by atoms with van der Waals surface area (Å²) in [5.41, 5.74) is 13.5. The summed E-state index contributed by atoms with van der Waals surface area (Å²) in [7, 11) is -6.44. The highest BCUT2D eigenvalue weighted by atomic mass is 31.3. The normalized spacial score (nSPS) is 29.4. The molecule has 1 saturated heterocycles. The lowest BCUT2D eigenvalue weighted by molar-refractivity contribution is -0.0440. The van der Waals surface area contributed by atoms with Crippen LogP contribution in [0.1, 0.15) is 0 Å². The van der Waals surface area contributed by atoms with Crippen LogP contribution in [0.5, 0.6) is 0 Å². The first-order valence-corrected chi connectivity index (χ1v) is 10.5. The summed E-state index contributed by atoms with van der Waals surface area (Å²) < 4.78 is 56.5. The highest BCUT2D eigenvalue weighted by molar-refractivity contribution is 7.64. The number of azide groups is 1. The van der Waals surface area contributed by atoms with Gasteiger partial charge in [0.2, 0.25) is 0 Å². The Morgan fingerprint density at radius 2 is 2.23 bits per heavy atom. The van der Waals surface area contributed by atoms with Gasteiger partial charge in [-0.1, -0.05) is 0 Å². The quantitative estimate of drug-likeness (QED) is 0.106. The number of hydrogen-bond donors (Lipinski definition) is 2. The standard InChI is InChI=1S/C10H17BFN4O8P2/c1-20-25(2,17)24-26(18,19)21-6-7-9(23-16-15-14)8(12)10(22-7)11-4-3-5-13/h7-10H,5-6,13H2,1-2H3,(H,18,19)/t7-,8+,9?,10-,25?/m1/s1. The van der Waals surface area contributed by atoms with Gasteiger partial charge >= 0.3 is 15.4 Å². The number of ether oxygens (including phenoxy) is 1. The monoisotopic (exact) mass is 413 g/mol. The van der Waals surface area contributed by atoms with Gasteiger partial charge in [0.05, 0.1) is 19.2 Å². The van der Waals surface area contributed by atoms with E-state index in [4.69, 9.17) is 16.0 Å². The number of nitrogens with two attached hydrogens (primary N) is 1. The van der Waals surface area contributed by atoms with E-state index in [2.05, 4.69) is 40.1 Å². The zero-order valence-electron chi connectivity index (χ0n) is 13.8.